The van der Waals surface area contributed by atoms with Crippen molar-refractivity contribution in [2.75, 3.05) is 32.1 Å². The van der Waals surface area contributed by atoms with Crippen LogP contribution in [0.5, 0.6) is 0 Å². The van der Waals surface area contributed by atoms with E-state index >= 15 is 0 Å². The number of nitrogens with one attached hydrogen (secondary N) is 1. The lowest BCUT2D eigenvalue weighted by Crippen LogP contribution is -2.36. The molecule has 0 aromatic heterocycles. The third kappa shape index (κ3) is 4.46. The van der Waals surface area contributed by atoms with Crippen molar-refractivity contribution >= 4 is 17.7 Å². The quantitative estimate of drug-likeness (QED) is 0.892. The van der Waals surface area contributed by atoms with Crippen LogP contribution in [0.15, 0.2) is 24.3 Å². The molecule has 0 unspecified atom stereocenters. The van der Waals surface area contributed by atoms with Gasteiger partial charge >= 0.3 is 12.0 Å². The predicted octanol–water partition coefficient (Wildman–Crippen LogP) is 2.28. The second-order valence-electron chi connectivity index (χ2n) is 5.25. The van der Waals surface area contributed by atoms with Crippen molar-refractivity contribution in [1.82, 2.24) is 4.90 Å². The number of rotatable bonds is 4. The number of anilines is 1. The molecule has 0 saturated carbocycles. The van der Waals surface area contributed by atoms with Crippen LogP contribution < -0.4 is 5.32 Å². The highest BCUT2D eigenvalue weighted by Gasteiger charge is 2.18. The molecular formula is C15H20N2O4. The molecular weight excluding hydrogens is 272 g/mol. The first-order chi connectivity index (χ1) is 10.1. The molecule has 1 aliphatic rings. The Labute approximate surface area is 123 Å². The van der Waals surface area contributed by atoms with Crippen LogP contribution >= 0.6 is 0 Å². The number of nitrogens with zero attached hydrogens (tertiary/aromatic N) is 1. The Balaban J connectivity index is 1.90. The molecule has 1 aromatic carbocycles. The van der Waals surface area contributed by atoms with Crippen LogP contribution in [0.1, 0.15) is 23.2 Å². The molecule has 1 saturated heterocycles. The van der Waals surface area contributed by atoms with Gasteiger partial charge in [-0.15, -0.1) is 0 Å². The van der Waals surface area contributed by atoms with Gasteiger partial charge in [-0.05, 0) is 37.0 Å². The fourth-order valence-electron chi connectivity index (χ4n) is 2.35. The monoisotopic (exact) mass is 292 g/mol. The van der Waals surface area contributed by atoms with Crippen molar-refractivity contribution in [3.63, 3.8) is 0 Å². The molecule has 0 spiro atoms. The highest BCUT2D eigenvalue weighted by molar-refractivity contribution is 5.93. The van der Waals surface area contributed by atoms with Crippen molar-refractivity contribution < 1.29 is 19.4 Å². The summed E-state index contributed by atoms with van der Waals surface area (Å²) in [4.78, 5) is 24.6. The van der Waals surface area contributed by atoms with E-state index in [9.17, 15) is 9.59 Å². The summed E-state index contributed by atoms with van der Waals surface area (Å²) in [7, 11) is 1.74. The fourth-order valence-corrected chi connectivity index (χ4v) is 2.35. The first-order valence-corrected chi connectivity index (χ1v) is 6.99. The van der Waals surface area contributed by atoms with Crippen LogP contribution in [0.4, 0.5) is 10.5 Å². The minimum Gasteiger partial charge on any atom is -0.478 e. The largest absolute Gasteiger partial charge is 0.478 e. The van der Waals surface area contributed by atoms with Crippen molar-refractivity contribution in [2.24, 2.45) is 5.92 Å². The van der Waals surface area contributed by atoms with Gasteiger partial charge in [0.15, 0.2) is 0 Å². The summed E-state index contributed by atoms with van der Waals surface area (Å²) in [5.41, 5.74) is 0.638. The Morgan fingerprint density at radius 3 is 2.76 bits per heavy atom. The van der Waals surface area contributed by atoms with E-state index < -0.39 is 5.97 Å². The van der Waals surface area contributed by atoms with Gasteiger partial charge in [0, 0.05) is 32.5 Å². The van der Waals surface area contributed by atoms with Crippen molar-refractivity contribution in [2.45, 2.75) is 12.8 Å². The van der Waals surface area contributed by atoms with Crippen LogP contribution in [0.25, 0.3) is 0 Å². The van der Waals surface area contributed by atoms with E-state index in [1.165, 1.54) is 12.1 Å². The van der Waals surface area contributed by atoms with Crippen molar-refractivity contribution in [3.05, 3.63) is 29.8 Å². The van der Waals surface area contributed by atoms with Gasteiger partial charge in [-0.2, -0.15) is 0 Å². The number of carboxylic acid groups (broad SMARTS) is 1. The number of urea groups is 1. The number of hydrogen-bond acceptors (Lipinski definition) is 3. The van der Waals surface area contributed by atoms with Crippen molar-refractivity contribution in [1.29, 1.82) is 0 Å². The fraction of sp³-hybridized carbons (Fsp3) is 0.467. The van der Waals surface area contributed by atoms with E-state index in [4.69, 9.17) is 9.84 Å². The van der Waals surface area contributed by atoms with Gasteiger partial charge in [-0.1, -0.05) is 6.07 Å². The van der Waals surface area contributed by atoms with Gasteiger partial charge in [-0.3, -0.25) is 0 Å². The Hall–Kier alpha value is -2.08. The molecule has 2 rings (SSSR count). The zero-order valence-corrected chi connectivity index (χ0v) is 12.0. The summed E-state index contributed by atoms with van der Waals surface area (Å²) in [5, 5.41) is 11.7. The second kappa shape index (κ2) is 7.08. The van der Waals surface area contributed by atoms with Crippen LogP contribution in [0, 0.1) is 5.92 Å². The summed E-state index contributed by atoms with van der Waals surface area (Å²) in [6.07, 6.45) is 1.93. The van der Waals surface area contributed by atoms with E-state index in [0.717, 1.165) is 26.1 Å². The lowest BCUT2D eigenvalue weighted by Gasteiger charge is -2.27. The molecule has 0 aliphatic carbocycles. The third-order valence-electron chi connectivity index (χ3n) is 3.58. The summed E-state index contributed by atoms with van der Waals surface area (Å²) >= 11 is 0. The highest BCUT2D eigenvalue weighted by Crippen LogP contribution is 2.16. The Morgan fingerprint density at radius 1 is 1.38 bits per heavy atom. The maximum absolute atomic E-state index is 12.1. The molecule has 0 atom stereocenters. The average molecular weight is 292 g/mol. The number of carbonyl (C=O) groups is 2. The van der Waals surface area contributed by atoms with Gasteiger partial charge < -0.3 is 20.1 Å². The van der Waals surface area contributed by atoms with Gasteiger partial charge in [0.1, 0.15) is 0 Å². The molecule has 114 valence electrons. The van der Waals surface area contributed by atoms with E-state index in [0.29, 0.717) is 18.2 Å². The molecule has 1 aliphatic heterocycles. The van der Waals surface area contributed by atoms with Gasteiger partial charge in [-0.25, -0.2) is 9.59 Å². The molecule has 2 amide bonds. The molecule has 6 heteroatoms. The average Bonchev–Trinajstić information content (AvgIpc) is 2.48. The van der Waals surface area contributed by atoms with E-state index in [2.05, 4.69) is 5.32 Å². The van der Waals surface area contributed by atoms with Gasteiger partial charge in [0.05, 0.1) is 5.56 Å². The smallest absolute Gasteiger partial charge is 0.335 e. The summed E-state index contributed by atoms with van der Waals surface area (Å²) in [6, 6.07) is 5.99. The number of carbonyl (C=O) groups excluding carboxylic acids is 1. The Bertz CT molecular complexity index is 512. The molecule has 2 N–H and O–H groups in total. The molecule has 0 radical (unpaired) electrons. The molecule has 6 nitrogen and oxygen atoms in total. The van der Waals surface area contributed by atoms with E-state index in [1.54, 1.807) is 24.1 Å². The molecule has 21 heavy (non-hydrogen) atoms. The topological polar surface area (TPSA) is 78.9 Å². The molecule has 1 heterocycles. The molecule has 1 aromatic rings. The maximum Gasteiger partial charge on any atom is 0.335 e. The van der Waals surface area contributed by atoms with Crippen LogP contribution in [-0.4, -0.2) is 48.8 Å². The Kier molecular flexibility index (Phi) is 5.16. The molecule has 1 fully saturated rings. The van der Waals surface area contributed by atoms with Crippen LogP contribution in [0.3, 0.4) is 0 Å². The normalized spacial score (nSPS) is 15.5. The summed E-state index contributed by atoms with van der Waals surface area (Å²) in [6.45, 7) is 2.18. The first kappa shape index (κ1) is 15.3. The van der Waals surface area contributed by atoms with Crippen LogP contribution in [0.2, 0.25) is 0 Å². The summed E-state index contributed by atoms with van der Waals surface area (Å²) in [5.74, 6) is -0.554. The zero-order valence-electron chi connectivity index (χ0n) is 12.0. The zero-order chi connectivity index (χ0) is 15.2. The van der Waals surface area contributed by atoms with E-state index in [1.807, 2.05) is 0 Å². The van der Waals surface area contributed by atoms with Gasteiger partial charge in [0.2, 0.25) is 0 Å². The maximum atomic E-state index is 12.1. The number of hydrogen-bond donors (Lipinski definition) is 2. The minimum absolute atomic E-state index is 0.153. The Morgan fingerprint density at radius 2 is 2.10 bits per heavy atom. The highest BCUT2D eigenvalue weighted by atomic mass is 16.5. The predicted molar refractivity (Wildman–Crippen MR) is 78.6 cm³/mol. The standard InChI is InChI=1S/C15H20N2O4/c1-17(10-11-5-7-21-8-6-11)15(20)16-13-4-2-3-12(9-13)14(18)19/h2-4,9,11H,5-8,10H2,1H3,(H,16,20)(H,18,19). The number of amides is 2. The number of ether oxygens (including phenoxy) is 1. The van der Waals surface area contributed by atoms with Crippen molar-refractivity contribution in [3.8, 4) is 0 Å². The number of carboxylic acids is 1. The van der Waals surface area contributed by atoms with Crippen LogP contribution in [-0.2, 0) is 4.74 Å². The summed E-state index contributed by atoms with van der Waals surface area (Å²) < 4.78 is 5.30. The lowest BCUT2D eigenvalue weighted by molar-refractivity contribution is 0.0592. The second-order valence-corrected chi connectivity index (χ2v) is 5.25. The van der Waals surface area contributed by atoms with Gasteiger partial charge in [0.25, 0.3) is 0 Å². The minimum atomic E-state index is -1.01. The first-order valence-electron chi connectivity index (χ1n) is 6.99. The third-order valence-corrected chi connectivity index (χ3v) is 3.58. The number of aromatic carboxylic acids is 1. The SMILES string of the molecule is CN(CC1CCOCC1)C(=O)Nc1cccc(C(=O)O)c1. The molecule has 0 bridgehead atoms. The lowest BCUT2D eigenvalue weighted by atomic mass is 10.00. The number of benzene rings is 1. The van der Waals surface area contributed by atoms with E-state index in [-0.39, 0.29) is 11.6 Å².